The Labute approximate surface area is 104 Å². The van der Waals surface area contributed by atoms with Crippen molar-refractivity contribution in [2.24, 2.45) is 0 Å². The first kappa shape index (κ1) is 13.0. The molecular formula is C10H13ClN2O2S. The van der Waals surface area contributed by atoms with Crippen molar-refractivity contribution in [2.75, 3.05) is 17.8 Å². The van der Waals surface area contributed by atoms with Crippen LogP contribution < -0.4 is 10.0 Å². The second-order valence-electron chi connectivity index (χ2n) is 2.79. The number of benzene rings is 1. The molecule has 1 amide bonds. The minimum Gasteiger partial charge on any atom is -0.449 e. The Hall–Kier alpha value is -1.07. The summed E-state index contributed by atoms with van der Waals surface area (Å²) in [5.41, 5.74) is 0.947. The molecule has 6 heteroatoms. The summed E-state index contributed by atoms with van der Waals surface area (Å²) in [5, 5.41) is 3.80. The molecule has 0 aliphatic rings. The number of hydrogen-bond donors (Lipinski definition) is 2. The SMILES string of the molecule is CCOC(=O)NSCNc1ccc(Cl)cc1. The van der Waals surface area contributed by atoms with Crippen molar-refractivity contribution in [3.05, 3.63) is 29.3 Å². The Morgan fingerprint density at radius 3 is 2.75 bits per heavy atom. The van der Waals surface area contributed by atoms with E-state index in [0.29, 0.717) is 17.5 Å². The number of halogens is 1. The van der Waals surface area contributed by atoms with Crippen molar-refractivity contribution in [2.45, 2.75) is 6.92 Å². The number of carbonyl (C=O) groups excluding carboxylic acids is 1. The highest BCUT2D eigenvalue weighted by molar-refractivity contribution is 7.97. The molecule has 1 aromatic rings. The van der Waals surface area contributed by atoms with E-state index in [-0.39, 0.29) is 0 Å². The zero-order valence-electron chi connectivity index (χ0n) is 8.83. The molecule has 4 nitrogen and oxygen atoms in total. The van der Waals surface area contributed by atoms with E-state index in [1.807, 2.05) is 12.1 Å². The molecule has 0 bridgehead atoms. The highest BCUT2D eigenvalue weighted by Gasteiger charge is 1.98. The number of rotatable bonds is 5. The number of ether oxygens (including phenoxy) is 1. The summed E-state index contributed by atoms with van der Waals surface area (Å²) in [6.07, 6.45) is -0.426. The zero-order valence-corrected chi connectivity index (χ0v) is 10.4. The van der Waals surface area contributed by atoms with Crippen LogP contribution >= 0.6 is 23.5 Å². The summed E-state index contributed by atoms with van der Waals surface area (Å²) < 4.78 is 7.23. The smallest absolute Gasteiger partial charge is 0.417 e. The van der Waals surface area contributed by atoms with E-state index in [4.69, 9.17) is 16.3 Å². The van der Waals surface area contributed by atoms with Crippen LogP contribution in [0, 0.1) is 0 Å². The molecule has 88 valence electrons. The lowest BCUT2D eigenvalue weighted by molar-refractivity contribution is 0.159. The summed E-state index contributed by atoms with van der Waals surface area (Å²) in [5.74, 6) is 0.556. The fourth-order valence-corrected chi connectivity index (χ4v) is 1.56. The molecule has 0 unspecified atom stereocenters. The Bertz CT molecular complexity index is 332. The molecule has 0 radical (unpaired) electrons. The van der Waals surface area contributed by atoms with Crippen LogP contribution in [0.4, 0.5) is 10.5 Å². The van der Waals surface area contributed by atoms with Crippen LogP contribution in [0.3, 0.4) is 0 Å². The summed E-state index contributed by atoms with van der Waals surface area (Å²) in [7, 11) is 0. The lowest BCUT2D eigenvalue weighted by atomic mass is 10.3. The van der Waals surface area contributed by atoms with Gasteiger partial charge < -0.3 is 10.1 Å². The van der Waals surface area contributed by atoms with Gasteiger partial charge >= 0.3 is 6.09 Å². The average molecular weight is 261 g/mol. The van der Waals surface area contributed by atoms with E-state index < -0.39 is 6.09 Å². The van der Waals surface area contributed by atoms with Crippen molar-refractivity contribution in [3.63, 3.8) is 0 Å². The molecule has 0 aliphatic carbocycles. The number of amides is 1. The number of carbonyl (C=O) groups is 1. The molecule has 0 aliphatic heterocycles. The third-order valence-corrected chi connectivity index (χ3v) is 2.48. The highest BCUT2D eigenvalue weighted by atomic mass is 35.5. The normalized spacial score (nSPS) is 9.62. The van der Waals surface area contributed by atoms with Crippen LogP contribution in [0.15, 0.2) is 24.3 Å². The van der Waals surface area contributed by atoms with Crippen molar-refractivity contribution in [1.82, 2.24) is 4.72 Å². The molecule has 0 aromatic heterocycles. The lowest BCUT2D eigenvalue weighted by Gasteiger charge is -2.06. The van der Waals surface area contributed by atoms with E-state index in [9.17, 15) is 4.79 Å². The molecule has 0 spiro atoms. The van der Waals surface area contributed by atoms with E-state index >= 15 is 0 Å². The van der Waals surface area contributed by atoms with Gasteiger partial charge in [0.1, 0.15) is 0 Å². The zero-order chi connectivity index (χ0) is 11.8. The van der Waals surface area contributed by atoms with Gasteiger partial charge in [-0.1, -0.05) is 11.6 Å². The maximum Gasteiger partial charge on any atom is 0.417 e. The third-order valence-electron chi connectivity index (χ3n) is 1.62. The third kappa shape index (κ3) is 5.14. The molecular weight excluding hydrogens is 248 g/mol. The van der Waals surface area contributed by atoms with Crippen LogP contribution in [0.1, 0.15) is 6.92 Å². The first-order valence-electron chi connectivity index (χ1n) is 4.76. The molecule has 16 heavy (non-hydrogen) atoms. The highest BCUT2D eigenvalue weighted by Crippen LogP contribution is 2.13. The topological polar surface area (TPSA) is 50.4 Å². The van der Waals surface area contributed by atoms with Gasteiger partial charge in [-0.15, -0.1) is 0 Å². The van der Waals surface area contributed by atoms with Crippen LogP contribution in [0.2, 0.25) is 5.02 Å². The number of nitrogens with one attached hydrogen (secondary N) is 2. The Morgan fingerprint density at radius 1 is 1.44 bits per heavy atom. The van der Waals surface area contributed by atoms with Gasteiger partial charge in [-0.2, -0.15) is 0 Å². The molecule has 2 N–H and O–H groups in total. The predicted molar refractivity (Wildman–Crippen MR) is 67.7 cm³/mol. The maximum absolute atomic E-state index is 10.9. The van der Waals surface area contributed by atoms with Crippen LogP contribution in [-0.2, 0) is 4.74 Å². The van der Waals surface area contributed by atoms with Gasteiger partial charge in [0.15, 0.2) is 0 Å². The average Bonchev–Trinajstić information content (AvgIpc) is 2.27. The van der Waals surface area contributed by atoms with Crippen molar-refractivity contribution in [3.8, 4) is 0 Å². The second-order valence-corrected chi connectivity index (χ2v) is 4.01. The quantitative estimate of drug-likeness (QED) is 0.485. The second kappa shape index (κ2) is 7.24. The molecule has 0 heterocycles. The van der Waals surface area contributed by atoms with Gasteiger partial charge in [0.05, 0.1) is 12.5 Å². The van der Waals surface area contributed by atoms with Gasteiger partial charge in [0.25, 0.3) is 0 Å². The molecule has 1 rings (SSSR count). The molecule has 0 fully saturated rings. The Morgan fingerprint density at radius 2 is 2.12 bits per heavy atom. The van der Waals surface area contributed by atoms with Gasteiger partial charge in [0, 0.05) is 10.7 Å². The van der Waals surface area contributed by atoms with Crippen LogP contribution in [0.5, 0.6) is 0 Å². The summed E-state index contributed by atoms with van der Waals surface area (Å²) in [6.45, 7) is 2.13. The maximum atomic E-state index is 10.9. The molecule has 0 saturated heterocycles. The van der Waals surface area contributed by atoms with E-state index in [2.05, 4.69) is 10.0 Å². The summed E-state index contributed by atoms with van der Waals surface area (Å²) in [6, 6.07) is 7.33. The fourth-order valence-electron chi connectivity index (χ4n) is 0.943. The van der Waals surface area contributed by atoms with Crippen LogP contribution in [0.25, 0.3) is 0 Å². The minimum atomic E-state index is -0.426. The van der Waals surface area contributed by atoms with Crippen LogP contribution in [-0.4, -0.2) is 18.6 Å². The largest absolute Gasteiger partial charge is 0.449 e. The van der Waals surface area contributed by atoms with Gasteiger partial charge in [-0.05, 0) is 43.1 Å². The molecule has 1 aromatic carbocycles. The van der Waals surface area contributed by atoms with Gasteiger partial charge in [0.2, 0.25) is 0 Å². The monoisotopic (exact) mass is 260 g/mol. The van der Waals surface area contributed by atoms with Crippen molar-refractivity contribution in [1.29, 1.82) is 0 Å². The van der Waals surface area contributed by atoms with Gasteiger partial charge in [-0.25, -0.2) is 4.79 Å². The number of anilines is 1. The first-order chi connectivity index (χ1) is 7.72. The molecule has 0 saturated carbocycles. The summed E-state index contributed by atoms with van der Waals surface area (Å²) in [4.78, 5) is 10.9. The standard InChI is InChI=1S/C10H13ClN2O2S/c1-2-15-10(14)13-16-7-12-9-5-3-8(11)4-6-9/h3-6,12H,2,7H2,1H3,(H,13,14). The Balaban J connectivity index is 2.16. The van der Waals surface area contributed by atoms with E-state index in [1.54, 1.807) is 19.1 Å². The van der Waals surface area contributed by atoms with Crippen molar-refractivity contribution >= 4 is 35.3 Å². The first-order valence-corrected chi connectivity index (χ1v) is 6.12. The van der Waals surface area contributed by atoms with E-state index in [0.717, 1.165) is 5.69 Å². The Kier molecular flexibility index (Phi) is 5.88. The summed E-state index contributed by atoms with van der Waals surface area (Å²) >= 11 is 6.97. The van der Waals surface area contributed by atoms with Crippen molar-refractivity contribution < 1.29 is 9.53 Å². The van der Waals surface area contributed by atoms with Gasteiger partial charge in [-0.3, -0.25) is 4.72 Å². The molecule has 0 atom stereocenters. The van der Waals surface area contributed by atoms with E-state index in [1.165, 1.54) is 11.9 Å². The number of hydrogen-bond acceptors (Lipinski definition) is 4. The minimum absolute atomic E-state index is 0.372. The fraction of sp³-hybridized carbons (Fsp3) is 0.300. The predicted octanol–water partition coefficient (Wildman–Crippen LogP) is 3.10. The lowest BCUT2D eigenvalue weighted by Crippen LogP contribution is -2.18.